The van der Waals surface area contributed by atoms with Crippen molar-refractivity contribution in [3.8, 4) is 0 Å². The summed E-state index contributed by atoms with van der Waals surface area (Å²) in [6.07, 6.45) is 0.704. The van der Waals surface area contributed by atoms with Crippen LogP contribution in [0.1, 0.15) is 34.2 Å². The molecule has 8 nitrogen and oxygen atoms in total. The molecule has 3 N–H and O–H groups in total. The highest BCUT2D eigenvalue weighted by molar-refractivity contribution is 6.00. The molecule has 0 unspecified atom stereocenters. The Balaban J connectivity index is 2.91. The number of carboxylic acid groups (broad SMARTS) is 2. The molecular weight excluding hydrogens is 268 g/mol. The van der Waals surface area contributed by atoms with Gasteiger partial charge < -0.3 is 20.1 Å². The fourth-order valence-corrected chi connectivity index (χ4v) is 1.59. The van der Waals surface area contributed by atoms with Crippen molar-refractivity contribution < 1.29 is 29.4 Å². The number of aliphatic carboxylic acids is 2. The number of amides is 1. The van der Waals surface area contributed by atoms with Crippen molar-refractivity contribution in [2.24, 2.45) is 7.05 Å². The van der Waals surface area contributed by atoms with Crippen molar-refractivity contribution in [1.82, 2.24) is 9.88 Å². The molecule has 0 radical (unpaired) electrons. The molecule has 0 aliphatic carbocycles. The lowest BCUT2D eigenvalue weighted by atomic mass is 10.2. The number of nitrogens with zero attached hydrogens (tertiary/aromatic N) is 1. The number of hydrogen-bond donors (Lipinski definition) is 3. The molecule has 0 saturated heterocycles. The first kappa shape index (κ1) is 15.4. The van der Waals surface area contributed by atoms with Crippen LogP contribution in [0.15, 0.2) is 12.3 Å². The van der Waals surface area contributed by atoms with Crippen molar-refractivity contribution in [3.63, 3.8) is 0 Å². The summed E-state index contributed by atoms with van der Waals surface area (Å²) >= 11 is 0. The molecule has 0 aliphatic heterocycles. The maximum atomic E-state index is 11.9. The fraction of sp³-hybridized carbons (Fsp3) is 0.333. The predicted octanol–water partition coefficient (Wildman–Crippen LogP) is -0.115. The Labute approximate surface area is 114 Å². The van der Waals surface area contributed by atoms with Gasteiger partial charge in [0.05, 0.1) is 6.42 Å². The molecule has 1 atom stereocenters. The first-order chi connectivity index (χ1) is 9.22. The fourth-order valence-electron chi connectivity index (χ4n) is 1.59. The molecule has 0 bridgehead atoms. The summed E-state index contributed by atoms with van der Waals surface area (Å²) in [7, 11) is 1.52. The molecule has 0 aliphatic rings. The molecule has 1 amide bonds. The van der Waals surface area contributed by atoms with Gasteiger partial charge in [0.1, 0.15) is 11.7 Å². The van der Waals surface area contributed by atoms with Gasteiger partial charge in [0.2, 0.25) is 0 Å². The van der Waals surface area contributed by atoms with Gasteiger partial charge in [-0.15, -0.1) is 0 Å². The predicted molar refractivity (Wildman–Crippen MR) is 66.6 cm³/mol. The third kappa shape index (κ3) is 3.67. The van der Waals surface area contributed by atoms with Gasteiger partial charge in [-0.25, -0.2) is 4.79 Å². The molecule has 1 aromatic rings. The third-order valence-corrected chi connectivity index (χ3v) is 2.63. The number of ketones is 1. The highest BCUT2D eigenvalue weighted by Gasteiger charge is 2.25. The Kier molecular flexibility index (Phi) is 4.63. The first-order valence-electron chi connectivity index (χ1n) is 5.65. The third-order valence-electron chi connectivity index (χ3n) is 2.63. The number of carboxylic acids is 2. The van der Waals surface area contributed by atoms with Crippen molar-refractivity contribution >= 4 is 23.6 Å². The van der Waals surface area contributed by atoms with Gasteiger partial charge >= 0.3 is 11.9 Å². The van der Waals surface area contributed by atoms with E-state index in [0.717, 1.165) is 0 Å². The molecule has 0 aromatic carbocycles. The number of hydrogen-bond acceptors (Lipinski definition) is 4. The van der Waals surface area contributed by atoms with E-state index in [1.165, 1.54) is 30.8 Å². The summed E-state index contributed by atoms with van der Waals surface area (Å²) in [6, 6.07) is -0.215. The molecule has 0 saturated carbocycles. The van der Waals surface area contributed by atoms with Crippen LogP contribution in [0, 0.1) is 0 Å². The average molecular weight is 282 g/mol. The molecule has 108 valence electrons. The van der Waals surface area contributed by atoms with Crippen LogP contribution < -0.4 is 5.32 Å². The van der Waals surface area contributed by atoms with Crippen LogP contribution in [0.3, 0.4) is 0 Å². The lowest BCUT2D eigenvalue weighted by Gasteiger charge is -2.12. The molecular formula is C12H14N2O6. The van der Waals surface area contributed by atoms with E-state index >= 15 is 0 Å². The van der Waals surface area contributed by atoms with Crippen LogP contribution in [0.5, 0.6) is 0 Å². The summed E-state index contributed by atoms with van der Waals surface area (Å²) in [5.41, 5.74) is 0.384. The maximum absolute atomic E-state index is 11.9. The number of aromatic nitrogens is 1. The van der Waals surface area contributed by atoms with E-state index in [-0.39, 0.29) is 11.5 Å². The van der Waals surface area contributed by atoms with Gasteiger partial charge in [-0.3, -0.25) is 14.4 Å². The minimum Gasteiger partial charge on any atom is -0.481 e. The lowest BCUT2D eigenvalue weighted by Crippen LogP contribution is -2.42. The zero-order valence-electron chi connectivity index (χ0n) is 10.9. The number of Topliss-reactive ketones (excluding diaryl/α,β-unsaturated/α-hetero) is 1. The Morgan fingerprint density at radius 2 is 1.90 bits per heavy atom. The summed E-state index contributed by atoms with van der Waals surface area (Å²) in [4.78, 5) is 44.5. The molecule has 0 fully saturated rings. The Morgan fingerprint density at radius 3 is 2.30 bits per heavy atom. The van der Waals surface area contributed by atoms with Crippen molar-refractivity contribution in [3.05, 3.63) is 23.5 Å². The number of aryl methyl sites for hydroxylation is 1. The Hall–Kier alpha value is -2.64. The van der Waals surface area contributed by atoms with E-state index in [4.69, 9.17) is 10.2 Å². The van der Waals surface area contributed by atoms with Crippen molar-refractivity contribution in [1.29, 1.82) is 0 Å². The number of nitrogens with one attached hydrogen (secondary N) is 1. The Morgan fingerprint density at radius 1 is 1.30 bits per heavy atom. The summed E-state index contributed by atoms with van der Waals surface area (Å²) in [6.45, 7) is 1.33. The largest absolute Gasteiger partial charge is 0.481 e. The molecule has 1 aromatic heterocycles. The molecule has 20 heavy (non-hydrogen) atoms. The van der Waals surface area contributed by atoms with Gasteiger partial charge in [0.15, 0.2) is 5.78 Å². The first-order valence-corrected chi connectivity index (χ1v) is 5.65. The highest BCUT2D eigenvalue weighted by Crippen LogP contribution is 2.08. The minimum absolute atomic E-state index is 0.0758. The maximum Gasteiger partial charge on any atom is 0.326 e. The van der Waals surface area contributed by atoms with Crippen LogP contribution in [-0.4, -0.2) is 44.5 Å². The molecule has 1 heterocycles. The van der Waals surface area contributed by atoms with Crippen LogP contribution in [0.2, 0.25) is 0 Å². The number of carbonyl (C=O) groups excluding carboxylic acids is 2. The second-order valence-corrected chi connectivity index (χ2v) is 4.24. The van der Waals surface area contributed by atoms with Crippen LogP contribution in [-0.2, 0) is 16.6 Å². The zero-order valence-corrected chi connectivity index (χ0v) is 10.9. The lowest BCUT2D eigenvalue weighted by molar-refractivity contribution is -0.145. The zero-order chi connectivity index (χ0) is 15.4. The summed E-state index contributed by atoms with van der Waals surface area (Å²) < 4.78 is 1.37. The highest BCUT2D eigenvalue weighted by atomic mass is 16.4. The van der Waals surface area contributed by atoms with Gasteiger partial charge in [-0.1, -0.05) is 0 Å². The summed E-state index contributed by atoms with van der Waals surface area (Å²) in [5.74, 6) is -3.77. The van der Waals surface area contributed by atoms with Gasteiger partial charge in [0.25, 0.3) is 5.91 Å². The topological polar surface area (TPSA) is 126 Å². The normalized spacial score (nSPS) is 11.7. The minimum atomic E-state index is -1.53. The summed E-state index contributed by atoms with van der Waals surface area (Å²) in [5, 5.41) is 19.5. The SMILES string of the molecule is CC(=O)c1cc(C(=O)N[C@@H](CC(=O)O)C(=O)O)n(C)c1. The van der Waals surface area contributed by atoms with Crippen LogP contribution in [0.4, 0.5) is 0 Å². The van der Waals surface area contributed by atoms with E-state index in [1.807, 2.05) is 0 Å². The second-order valence-electron chi connectivity index (χ2n) is 4.24. The van der Waals surface area contributed by atoms with Crippen LogP contribution >= 0.6 is 0 Å². The van der Waals surface area contributed by atoms with Crippen molar-refractivity contribution in [2.45, 2.75) is 19.4 Å². The number of rotatable bonds is 6. The smallest absolute Gasteiger partial charge is 0.326 e. The van der Waals surface area contributed by atoms with Gasteiger partial charge in [-0.05, 0) is 13.0 Å². The van der Waals surface area contributed by atoms with E-state index in [1.54, 1.807) is 0 Å². The molecule has 0 spiro atoms. The Bertz CT molecular complexity index is 575. The van der Waals surface area contributed by atoms with Gasteiger partial charge in [0, 0.05) is 18.8 Å². The van der Waals surface area contributed by atoms with Crippen LogP contribution in [0.25, 0.3) is 0 Å². The standard InChI is InChI=1S/C12H14N2O6/c1-6(15)7-3-9(14(2)5-7)11(18)13-8(12(19)20)4-10(16)17/h3,5,8H,4H2,1-2H3,(H,13,18)(H,16,17)(H,19,20)/t8-/m0/s1. The van der Waals surface area contributed by atoms with E-state index < -0.39 is 30.3 Å². The van der Waals surface area contributed by atoms with Crippen molar-refractivity contribution in [2.75, 3.05) is 0 Å². The second kappa shape index (κ2) is 6.00. The monoisotopic (exact) mass is 282 g/mol. The molecule has 8 heteroatoms. The average Bonchev–Trinajstić information content (AvgIpc) is 2.69. The quantitative estimate of drug-likeness (QED) is 0.625. The van der Waals surface area contributed by atoms with Gasteiger partial charge in [-0.2, -0.15) is 0 Å². The van der Waals surface area contributed by atoms with E-state index in [2.05, 4.69) is 5.32 Å². The van der Waals surface area contributed by atoms with E-state index in [0.29, 0.717) is 5.56 Å². The number of carbonyl (C=O) groups is 4. The van der Waals surface area contributed by atoms with E-state index in [9.17, 15) is 19.2 Å². The molecule has 1 rings (SSSR count).